The van der Waals surface area contributed by atoms with Crippen molar-refractivity contribution in [2.45, 2.75) is 0 Å². The standard InChI is InChI=1S/C26H20P/c1-5-13-21(14-6-1)25-26(22-15-7-2-8-16-22)27(25,23-17-9-3-10-18-23)24-19-11-4-12-20-24/h1-20H/q+1. The molecule has 1 heterocycles. The van der Waals surface area contributed by atoms with E-state index in [4.69, 9.17) is 0 Å². The van der Waals surface area contributed by atoms with E-state index in [0.29, 0.717) is 0 Å². The molecule has 27 heavy (non-hydrogen) atoms. The SMILES string of the molecule is c1ccc(C2=C(c3ccccc3)[P+]2(c2ccccc2)c2ccccc2)cc1. The third-order valence-electron chi connectivity index (χ3n) is 5.23. The second-order valence-electron chi connectivity index (χ2n) is 6.77. The fourth-order valence-corrected chi connectivity index (χ4v) is 8.76. The fraction of sp³-hybridized carbons (Fsp3) is 0. The molecule has 0 saturated heterocycles. The second-order valence-corrected chi connectivity index (χ2v) is 10.0. The van der Waals surface area contributed by atoms with E-state index in [-0.39, 0.29) is 0 Å². The molecule has 0 bridgehead atoms. The first-order chi connectivity index (χ1) is 13.4. The van der Waals surface area contributed by atoms with Crippen molar-refractivity contribution < 1.29 is 0 Å². The first-order valence-electron chi connectivity index (χ1n) is 9.29. The lowest BCUT2D eigenvalue weighted by atomic mass is 10.1. The quantitative estimate of drug-likeness (QED) is 0.379. The van der Waals surface area contributed by atoms with E-state index in [1.54, 1.807) is 0 Å². The van der Waals surface area contributed by atoms with Crippen molar-refractivity contribution in [3.05, 3.63) is 132 Å². The summed E-state index contributed by atoms with van der Waals surface area (Å²) in [6, 6.07) is 43.9. The van der Waals surface area contributed by atoms with Crippen LogP contribution in [-0.4, -0.2) is 0 Å². The minimum absolute atomic E-state index is 1.34. The summed E-state index contributed by atoms with van der Waals surface area (Å²) in [4.78, 5) is 0. The maximum absolute atomic E-state index is 2.31. The van der Waals surface area contributed by atoms with Crippen LogP contribution in [0.15, 0.2) is 121 Å². The van der Waals surface area contributed by atoms with Crippen LogP contribution in [0.5, 0.6) is 0 Å². The zero-order chi connectivity index (χ0) is 18.1. The number of rotatable bonds is 4. The minimum Gasteiger partial charge on any atom is -0.0622 e. The van der Waals surface area contributed by atoms with Crippen molar-refractivity contribution in [1.82, 2.24) is 0 Å². The van der Waals surface area contributed by atoms with E-state index in [1.807, 2.05) is 0 Å². The lowest BCUT2D eigenvalue weighted by Gasteiger charge is -2.13. The van der Waals surface area contributed by atoms with Gasteiger partial charge in [-0.3, -0.25) is 0 Å². The Bertz CT molecular complexity index is 991. The van der Waals surface area contributed by atoms with Gasteiger partial charge in [-0.15, -0.1) is 0 Å². The number of benzene rings is 4. The molecule has 0 N–H and O–H groups in total. The summed E-state index contributed by atoms with van der Waals surface area (Å²) < 4.78 is 0. The third kappa shape index (κ3) is 2.57. The molecule has 0 saturated carbocycles. The van der Waals surface area contributed by atoms with Gasteiger partial charge in [-0.2, -0.15) is 0 Å². The van der Waals surface area contributed by atoms with Gasteiger partial charge in [0.05, 0.1) is 0 Å². The first kappa shape index (κ1) is 16.2. The van der Waals surface area contributed by atoms with E-state index in [0.717, 1.165) is 0 Å². The molecule has 1 aliphatic heterocycles. The molecule has 4 aromatic carbocycles. The van der Waals surface area contributed by atoms with Crippen molar-refractivity contribution in [3.8, 4) is 0 Å². The van der Waals surface area contributed by atoms with Crippen molar-refractivity contribution in [2.24, 2.45) is 0 Å². The summed E-state index contributed by atoms with van der Waals surface area (Å²) in [6.45, 7) is 0. The van der Waals surface area contributed by atoms with Gasteiger partial charge in [0.1, 0.15) is 10.6 Å². The maximum Gasteiger partial charge on any atom is 0.161 e. The van der Waals surface area contributed by atoms with Gasteiger partial charge in [-0.05, 0) is 24.3 Å². The van der Waals surface area contributed by atoms with Gasteiger partial charge in [-0.25, -0.2) is 0 Å². The molecule has 4 aromatic rings. The lowest BCUT2D eigenvalue weighted by Crippen LogP contribution is -2.15. The van der Waals surface area contributed by atoms with E-state index in [2.05, 4.69) is 121 Å². The highest BCUT2D eigenvalue weighted by Crippen LogP contribution is 2.91. The van der Waals surface area contributed by atoms with Crippen molar-refractivity contribution in [2.75, 3.05) is 0 Å². The molecule has 0 aromatic heterocycles. The number of hydrogen-bond donors (Lipinski definition) is 0. The van der Waals surface area contributed by atoms with E-state index < -0.39 is 7.26 Å². The molecule has 0 aliphatic carbocycles. The summed E-state index contributed by atoms with van der Waals surface area (Å²) in [7, 11) is -1.73. The highest BCUT2D eigenvalue weighted by molar-refractivity contribution is 8.14. The molecular formula is C26H20P+. The molecule has 0 atom stereocenters. The molecule has 1 heteroatoms. The molecule has 0 nitrogen and oxygen atoms in total. The van der Waals surface area contributed by atoms with Crippen LogP contribution in [0, 0.1) is 0 Å². The van der Waals surface area contributed by atoms with Gasteiger partial charge >= 0.3 is 0 Å². The summed E-state index contributed by atoms with van der Waals surface area (Å²) in [5, 5.41) is 5.92. The van der Waals surface area contributed by atoms with Crippen LogP contribution in [0.25, 0.3) is 10.6 Å². The Morgan fingerprint density at radius 1 is 0.333 bits per heavy atom. The van der Waals surface area contributed by atoms with Gasteiger partial charge in [0.25, 0.3) is 0 Å². The van der Waals surface area contributed by atoms with E-state index >= 15 is 0 Å². The summed E-state index contributed by atoms with van der Waals surface area (Å²) in [5.74, 6) is 0. The average Bonchev–Trinajstić information content (AvgIpc) is 3.48. The Labute approximate surface area is 161 Å². The van der Waals surface area contributed by atoms with Gasteiger partial charge in [0, 0.05) is 11.1 Å². The van der Waals surface area contributed by atoms with Crippen LogP contribution in [-0.2, 0) is 0 Å². The van der Waals surface area contributed by atoms with E-state index in [9.17, 15) is 0 Å². The largest absolute Gasteiger partial charge is 0.161 e. The predicted molar refractivity (Wildman–Crippen MR) is 119 cm³/mol. The van der Waals surface area contributed by atoms with Gasteiger partial charge in [0.15, 0.2) is 17.9 Å². The highest BCUT2D eigenvalue weighted by Gasteiger charge is 2.68. The molecule has 128 valence electrons. The Hall–Kier alpha value is -2.95. The van der Waals surface area contributed by atoms with Gasteiger partial charge in [0.2, 0.25) is 0 Å². The highest BCUT2D eigenvalue weighted by atomic mass is 31.2. The van der Waals surface area contributed by atoms with Crippen LogP contribution < -0.4 is 10.6 Å². The monoisotopic (exact) mass is 363 g/mol. The normalized spacial score (nSPS) is 14.8. The molecule has 0 unspecified atom stereocenters. The molecule has 0 spiro atoms. The Kier molecular flexibility index (Phi) is 4.00. The molecule has 0 amide bonds. The van der Waals surface area contributed by atoms with E-state index in [1.165, 1.54) is 32.4 Å². The van der Waals surface area contributed by atoms with Gasteiger partial charge < -0.3 is 0 Å². The topological polar surface area (TPSA) is 0 Å². The predicted octanol–water partition coefficient (Wildman–Crippen LogP) is 6.19. The zero-order valence-electron chi connectivity index (χ0n) is 15.0. The lowest BCUT2D eigenvalue weighted by molar-refractivity contribution is 1.65. The summed E-state index contributed by atoms with van der Waals surface area (Å²) >= 11 is 0. The Morgan fingerprint density at radius 2 is 0.630 bits per heavy atom. The summed E-state index contributed by atoms with van der Waals surface area (Å²) in [5.41, 5.74) is 2.69. The average molecular weight is 363 g/mol. The zero-order valence-corrected chi connectivity index (χ0v) is 15.9. The second kappa shape index (κ2) is 6.65. The van der Waals surface area contributed by atoms with Crippen LogP contribution in [0.1, 0.15) is 11.1 Å². The first-order valence-corrected chi connectivity index (χ1v) is 11.1. The van der Waals surface area contributed by atoms with Crippen LogP contribution >= 0.6 is 7.26 Å². The van der Waals surface area contributed by atoms with Crippen molar-refractivity contribution >= 4 is 28.5 Å². The smallest absolute Gasteiger partial charge is 0.0622 e. The Morgan fingerprint density at radius 3 is 0.963 bits per heavy atom. The molecule has 0 radical (unpaired) electrons. The van der Waals surface area contributed by atoms with Crippen LogP contribution in [0.3, 0.4) is 0 Å². The van der Waals surface area contributed by atoms with Crippen LogP contribution in [0.4, 0.5) is 0 Å². The summed E-state index contributed by atoms with van der Waals surface area (Å²) in [6.07, 6.45) is 0. The van der Waals surface area contributed by atoms with Crippen LogP contribution in [0.2, 0.25) is 0 Å². The minimum atomic E-state index is -1.73. The maximum atomic E-state index is 2.31. The third-order valence-corrected chi connectivity index (χ3v) is 9.45. The van der Waals surface area contributed by atoms with Crippen molar-refractivity contribution in [1.29, 1.82) is 0 Å². The van der Waals surface area contributed by atoms with Gasteiger partial charge in [-0.1, -0.05) is 97.1 Å². The van der Waals surface area contributed by atoms with Crippen molar-refractivity contribution in [3.63, 3.8) is 0 Å². The molecule has 0 fully saturated rings. The molecule has 1 aliphatic rings. The molecule has 5 rings (SSSR count). The number of hydrogen-bond acceptors (Lipinski definition) is 0. The molecular weight excluding hydrogens is 343 g/mol. The Balaban J connectivity index is 1.81. The fourth-order valence-electron chi connectivity index (χ4n) is 4.07.